The predicted octanol–water partition coefficient (Wildman–Crippen LogP) is 2.73. The van der Waals surface area contributed by atoms with Crippen molar-refractivity contribution in [2.75, 3.05) is 14.2 Å². The van der Waals surface area contributed by atoms with Gasteiger partial charge in [-0.2, -0.15) is 0 Å². The van der Waals surface area contributed by atoms with Gasteiger partial charge in [0.25, 0.3) is 0 Å². The molecule has 3 nitrogen and oxygen atoms in total. The molecular formula is C11H10O3S. The Hall–Kier alpha value is -1.55. The summed E-state index contributed by atoms with van der Waals surface area (Å²) in [6.45, 7) is 0. The Morgan fingerprint density at radius 1 is 1.20 bits per heavy atom. The minimum Gasteiger partial charge on any atom is -0.497 e. The van der Waals surface area contributed by atoms with Crippen LogP contribution >= 0.6 is 11.3 Å². The molecule has 0 fully saturated rings. The van der Waals surface area contributed by atoms with Crippen LogP contribution in [-0.4, -0.2) is 20.5 Å². The van der Waals surface area contributed by atoms with Gasteiger partial charge in [-0.15, -0.1) is 11.3 Å². The van der Waals surface area contributed by atoms with Gasteiger partial charge in [0.1, 0.15) is 11.5 Å². The van der Waals surface area contributed by atoms with Crippen molar-refractivity contribution in [2.45, 2.75) is 0 Å². The van der Waals surface area contributed by atoms with Gasteiger partial charge in [-0.3, -0.25) is 4.79 Å². The minimum atomic E-state index is 0.691. The van der Waals surface area contributed by atoms with Gasteiger partial charge in [0.2, 0.25) is 0 Å². The van der Waals surface area contributed by atoms with Crippen LogP contribution < -0.4 is 9.47 Å². The molecule has 2 rings (SSSR count). The van der Waals surface area contributed by atoms with Gasteiger partial charge in [0.05, 0.1) is 19.1 Å². The van der Waals surface area contributed by atoms with E-state index in [1.807, 2.05) is 18.2 Å². The third kappa shape index (κ3) is 1.68. The summed E-state index contributed by atoms with van der Waals surface area (Å²) < 4.78 is 11.4. The first-order chi connectivity index (χ1) is 7.28. The fourth-order valence-corrected chi connectivity index (χ4v) is 2.37. The molecule has 0 bridgehead atoms. The Balaban J connectivity index is 2.71. The smallest absolute Gasteiger partial charge is 0.160 e. The highest BCUT2D eigenvalue weighted by Gasteiger charge is 2.08. The van der Waals surface area contributed by atoms with Gasteiger partial charge in [-0.25, -0.2) is 0 Å². The van der Waals surface area contributed by atoms with Crippen molar-refractivity contribution in [3.8, 4) is 11.5 Å². The Bertz CT molecular complexity index is 502. The van der Waals surface area contributed by atoms with Crippen LogP contribution in [0.4, 0.5) is 0 Å². The molecule has 78 valence electrons. The molecule has 2 aromatic rings. The number of benzene rings is 1. The number of ether oxygens (including phenoxy) is 2. The number of rotatable bonds is 3. The van der Waals surface area contributed by atoms with Crippen LogP contribution in [0.5, 0.6) is 11.5 Å². The number of fused-ring (bicyclic) bond motifs is 1. The second-order valence-corrected chi connectivity index (χ2v) is 4.12. The Labute approximate surface area is 91.2 Å². The van der Waals surface area contributed by atoms with E-state index in [0.717, 1.165) is 27.9 Å². The quantitative estimate of drug-likeness (QED) is 0.749. The van der Waals surface area contributed by atoms with Crippen LogP contribution in [0.25, 0.3) is 10.1 Å². The first-order valence-electron chi connectivity index (χ1n) is 4.39. The van der Waals surface area contributed by atoms with E-state index < -0.39 is 0 Å². The van der Waals surface area contributed by atoms with Gasteiger partial charge in [0, 0.05) is 16.2 Å². The van der Waals surface area contributed by atoms with Crippen LogP contribution in [0, 0.1) is 0 Å². The highest BCUT2D eigenvalue weighted by atomic mass is 32.1. The van der Waals surface area contributed by atoms with E-state index in [4.69, 9.17) is 9.47 Å². The largest absolute Gasteiger partial charge is 0.497 e. The molecule has 0 saturated carbocycles. The lowest BCUT2D eigenvalue weighted by Gasteiger charge is -2.04. The van der Waals surface area contributed by atoms with Crippen LogP contribution in [0.2, 0.25) is 0 Å². The molecule has 0 radical (unpaired) electrons. The number of carbonyl (C=O) groups is 1. The van der Waals surface area contributed by atoms with E-state index in [1.165, 1.54) is 11.3 Å². The topological polar surface area (TPSA) is 35.5 Å². The Kier molecular flexibility index (Phi) is 2.60. The van der Waals surface area contributed by atoms with Crippen molar-refractivity contribution in [3.63, 3.8) is 0 Å². The molecule has 0 saturated heterocycles. The van der Waals surface area contributed by atoms with Crippen molar-refractivity contribution < 1.29 is 14.3 Å². The number of carbonyl (C=O) groups excluding carboxylic acids is 1. The summed E-state index contributed by atoms with van der Waals surface area (Å²) in [6, 6.07) is 5.53. The number of thiophene rings is 1. The van der Waals surface area contributed by atoms with E-state index in [-0.39, 0.29) is 0 Å². The maximum atomic E-state index is 10.7. The Morgan fingerprint density at radius 3 is 2.60 bits per heavy atom. The summed E-state index contributed by atoms with van der Waals surface area (Å²) in [6.07, 6.45) is 0.844. The standard InChI is InChI=1S/C11H10O3S/c1-13-7-3-10(14-2)9-5-8(6-12)15-11(9)4-7/h3-6H,1-2H3. The minimum absolute atomic E-state index is 0.691. The molecule has 0 aliphatic carbocycles. The second-order valence-electron chi connectivity index (χ2n) is 3.01. The van der Waals surface area contributed by atoms with Crippen molar-refractivity contribution in [3.05, 3.63) is 23.1 Å². The van der Waals surface area contributed by atoms with Crippen molar-refractivity contribution in [1.29, 1.82) is 0 Å². The average molecular weight is 222 g/mol. The van der Waals surface area contributed by atoms with Gasteiger partial charge in [-0.1, -0.05) is 0 Å². The van der Waals surface area contributed by atoms with E-state index in [0.29, 0.717) is 4.88 Å². The highest BCUT2D eigenvalue weighted by Crippen LogP contribution is 2.35. The molecule has 0 aliphatic rings. The monoisotopic (exact) mass is 222 g/mol. The fourth-order valence-electron chi connectivity index (χ4n) is 1.45. The van der Waals surface area contributed by atoms with E-state index in [2.05, 4.69) is 0 Å². The molecule has 0 amide bonds. The zero-order chi connectivity index (χ0) is 10.8. The van der Waals surface area contributed by atoms with E-state index >= 15 is 0 Å². The molecule has 15 heavy (non-hydrogen) atoms. The highest BCUT2D eigenvalue weighted by molar-refractivity contribution is 7.20. The SMILES string of the molecule is COc1cc(OC)c2cc(C=O)sc2c1. The van der Waals surface area contributed by atoms with E-state index in [9.17, 15) is 4.79 Å². The number of hydrogen-bond donors (Lipinski definition) is 0. The summed E-state index contributed by atoms with van der Waals surface area (Å²) in [7, 11) is 3.21. The lowest BCUT2D eigenvalue weighted by atomic mass is 10.2. The van der Waals surface area contributed by atoms with Crippen molar-refractivity contribution in [1.82, 2.24) is 0 Å². The lowest BCUT2D eigenvalue weighted by molar-refractivity contribution is 0.112. The van der Waals surface area contributed by atoms with Gasteiger partial charge < -0.3 is 9.47 Å². The van der Waals surface area contributed by atoms with Crippen molar-refractivity contribution >= 4 is 27.7 Å². The molecule has 0 aliphatic heterocycles. The van der Waals surface area contributed by atoms with Crippen LogP contribution in [0.15, 0.2) is 18.2 Å². The number of aldehydes is 1. The number of hydrogen-bond acceptors (Lipinski definition) is 4. The molecule has 1 aromatic carbocycles. The van der Waals surface area contributed by atoms with Gasteiger partial charge in [0.15, 0.2) is 6.29 Å². The zero-order valence-corrected chi connectivity index (χ0v) is 9.26. The number of methoxy groups -OCH3 is 2. The molecule has 0 atom stereocenters. The molecule has 4 heteroatoms. The summed E-state index contributed by atoms with van der Waals surface area (Å²) in [5.41, 5.74) is 0. The molecular weight excluding hydrogens is 212 g/mol. The molecule has 0 unspecified atom stereocenters. The average Bonchev–Trinajstić information content (AvgIpc) is 2.70. The van der Waals surface area contributed by atoms with E-state index in [1.54, 1.807) is 14.2 Å². The molecule has 1 aromatic heterocycles. The first-order valence-corrected chi connectivity index (χ1v) is 5.21. The third-order valence-corrected chi connectivity index (χ3v) is 3.17. The third-order valence-electron chi connectivity index (χ3n) is 2.16. The summed E-state index contributed by atoms with van der Waals surface area (Å²) in [5.74, 6) is 1.47. The van der Waals surface area contributed by atoms with Crippen LogP contribution in [0.3, 0.4) is 0 Å². The maximum Gasteiger partial charge on any atom is 0.160 e. The normalized spacial score (nSPS) is 10.3. The molecule has 0 N–H and O–H groups in total. The summed E-state index contributed by atoms with van der Waals surface area (Å²) >= 11 is 1.43. The Morgan fingerprint density at radius 2 is 2.00 bits per heavy atom. The van der Waals surface area contributed by atoms with Gasteiger partial charge in [-0.05, 0) is 12.1 Å². The zero-order valence-electron chi connectivity index (χ0n) is 8.44. The fraction of sp³-hybridized carbons (Fsp3) is 0.182. The van der Waals surface area contributed by atoms with Crippen molar-refractivity contribution in [2.24, 2.45) is 0 Å². The maximum absolute atomic E-state index is 10.7. The lowest BCUT2D eigenvalue weighted by Crippen LogP contribution is -1.86. The summed E-state index contributed by atoms with van der Waals surface area (Å²) in [5, 5.41) is 0.949. The first kappa shape index (κ1) is 9.98. The summed E-state index contributed by atoms with van der Waals surface area (Å²) in [4.78, 5) is 11.4. The molecule has 0 spiro atoms. The van der Waals surface area contributed by atoms with Gasteiger partial charge >= 0.3 is 0 Å². The second kappa shape index (κ2) is 3.90. The predicted molar refractivity (Wildman–Crippen MR) is 60.3 cm³/mol. The van der Waals surface area contributed by atoms with Crippen LogP contribution in [0.1, 0.15) is 9.67 Å². The molecule has 1 heterocycles. The van der Waals surface area contributed by atoms with Crippen LogP contribution in [-0.2, 0) is 0 Å².